The molecule has 1 heterocycles. The van der Waals surface area contributed by atoms with Gasteiger partial charge in [-0.15, -0.1) is 0 Å². The summed E-state index contributed by atoms with van der Waals surface area (Å²) < 4.78 is 0. The van der Waals surface area contributed by atoms with Gasteiger partial charge in [-0.05, 0) is 37.1 Å². The number of hydrogen-bond donors (Lipinski definition) is 1. The summed E-state index contributed by atoms with van der Waals surface area (Å²) >= 11 is 0. The Balaban J connectivity index is 2.25. The van der Waals surface area contributed by atoms with Gasteiger partial charge >= 0.3 is 0 Å². The first kappa shape index (κ1) is 14.7. The monoisotopic (exact) mass is 268 g/mol. The Hall–Kier alpha value is -1.67. The van der Waals surface area contributed by atoms with E-state index in [0.717, 1.165) is 18.7 Å². The molecule has 0 aliphatic heterocycles. The second-order valence-corrected chi connectivity index (χ2v) is 5.36. The first-order chi connectivity index (χ1) is 9.72. The molecule has 0 saturated carbocycles. The van der Waals surface area contributed by atoms with E-state index in [2.05, 4.69) is 66.6 Å². The summed E-state index contributed by atoms with van der Waals surface area (Å²) in [6.45, 7) is 7.53. The van der Waals surface area contributed by atoms with Crippen molar-refractivity contribution in [2.75, 3.05) is 6.54 Å². The molecule has 2 nitrogen and oxygen atoms in total. The summed E-state index contributed by atoms with van der Waals surface area (Å²) in [6, 6.07) is 15.3. The molecule has 0 amide bonds. The number of benzene rings is 1. The Morgan fingerprint density at radius 1 is 1.05 bits per heavy atom. The zero-order valence-electron chi connectivity index (χ0n) is 12.6. The number of rotatable bonds is 6. The Bertz CT molecular complexity index is 505. The van der Waals surface area contributed by atoms with Crippen LogP contribution in [0.25, 0.3) is 0 Å². The van der Waals surface area contributed by atoms with Crippen LogP contribution in [0.3, 0.4) is 0 Å². The Morgan fingerprint density at radius 3 is 2.40 bits per heavy atom. The molecule has 0 aliphatic rings. The maximum Gasteiger partial charge on any atom is 0.0402 e. The molecule has 2 aromatic rings. The average Bonchev–Trinajstić information content (AvgIpc) is 2.50. The quantitative estimate of drug-likeness (QED) is 0.848. The third-order valence-corrected chi connectivity index (χ3v) is 3.73. The van der Waals surface area contributed by atoms with Gasteiger partial charge < -0.3 is 5.32 Å². The van der Waals surface area contributed by atoms with Crippen molar-refractivity contribution in [1.29, 1.82) is 0 Å². The molecule has 1 N–H and O–H groups in total. The number of aryl methyl sites for hydroxylation is 1. The summed E-state index contributed by atoms with van der Waals surface area (Å²) in [6.07, 6.45) is 3.14. The summed E-state index contributed by atoms with van der Waals surface area (Å²) in [4.78, 5) is 4.44. The van der Waals surface area contributed by atoms with E-state index < -0.39 is 0 Å². The molecule has 0 fully saturated rings. The van der Waals surface area contributed by atoms with Gasteiger partial charge in [0.25, 0.3) is 0 Å². The third-order valence-electron chi connectivity index (χ3n) is 3.73. The van der Waals surface area contributed by atoms with Crippen LogP contribution >= 0.6 is 0 Å². The molecule has 2 rings (SSSR count). The van der Waals surface area contributed by atoms with E-state index in [1.807, 2.05) is 13.1 Å². The van der Waals surface area contributed by atoms with Crippen LogP contribution in [0.4, 0.5) is 0 Å². The number of hydrogen-bond acceptors (Lipinski definition) is 2. The smallest absolute Gasteiger partial charge is 0.0402 e. The Morgan fingerprint density at radius 2 is 1.80 bits per heavy atom. The lowest BCUT2D eigenvalue weighted by molar-refractivity contribution is 0.465. The number of pyridine rings is 1. The standard InChI is InChI=1S/C18H24N2/c1-4-12-19-18(17-11-10-14(2)20-13-17)15(3)16-8-6-5-7-9-16/h5-11,13,15,18-19H,4,12H2,1-3H3. The Kier molecular flexibility index (Phi) is 5.31. The minimum absolute atomic E-state index is 0.311. The van der Waals surface area contributed by atoms with Gasteiger partial charge in [-0.25, -0.2) is 0 Å². The lowest BCUT2D eigenvalue weighted by atomic mass is 9.89. The molecule has 0 radical (unpaired) electrons. The molecular weight excluding hydrogens is 244 g/mol. The Labute approximate surface area is 122 Å². The minimum Gasteiger partial charge on any atom is -0.309 e. The molecule has 1 aromatic heterocycles. The number of aromatic nitrogens is 1. The van der Waals surface area contributed by atoms with Crippen molar-refractivity contribution >= 4 is 0 Å². The van der Waals surface area contributed by atoms with E-state index in [0.29, 0.717) is 12.0 Å². The molecule has 0 bridgehead atoms. The van der Waals surface area contributed by atoms with Crippen molar-refractivity contribution in [3.8, 4) is 0 Å². The molecule has 2 unspecified atom stereocenters. The molecular formula is C18H24N2. The van der Waals surface area contributed by atoms with Gasteiger partial charge in [-0.3, -0.25) is 4.98 Å². The normalized spacial score (nSPS) is 13.9. The highest BCUT2D eigenvalue weighted by molar-refractivity contribution is 5.26. The second-order valence-electron chi connectivity index (χ2n) is 5.36. The molecule has 0 spiro atoms. The van der Waals surface area contributed by atoms with Crippen LogP contribution in [0, 0.1) is 6.92 Å². The maximum absolute atomic E-state index is 4.44. The molecule has 2 atom stereocenters. The van der Waals surface area contributed by atoms with Gasteiger partial charge in [0.15, 0.2) is 0 Å². The van der Waals surface area contributed by atoms with Crippen molar-refractivity contribution in [1.82, 2.24) is 10.3 Å². The van der Waals surface area contributed by atoms with Crippen LogP contribution in [0.5, 0.6) is 0 Å². The van der Waals surface area contributed by atoms with Gasteiger partial charge in [0.2, 0.25) is 0 Å². The van der Waals surface area contributed by atoms with Crippen LogP contribution < -0.4 is 5.32 Å². The fraction of sp³-hybridized carbons (Fsp3) is 0.389. The zero-order valence-corrected chi connectivity index (χ0v) is 12.6. The molecule has 106 valence electrons. The zero-order chi connectivity index (χ0) is 14.4. The highest BCUT2D eigenvalue weighted by Gasteiger charge is 2.20. The van der Waals surface area contributed by atoms with Crippen LogP contribution in [0.1, 0.15) is 49.0 Å². The fourth-order valence-electron chi connectivity index (χ4n) is 2.50. The summed E-state index contributed by atoms with van der Waals surface area (Å²) in [5, 5.41) is 3.66. The van der Waals surface area contributed by atoms with E-state index >= 15 is 0 Å². The summed E-state index contributed by atoms with van der Waals surface area (Å²) in [5.41, 5.74) is 3.69. The van der Waals surface area contributed by atoms with Crippen molar-refractivity contribution in [3.05, 3.63) is 65.5 Å². The van der Waals surface area contributed by atoms with Gasteiger partial charge in [0.05, 0.1) is 0 Å². The van der Waals surface area contributed by atoms with Crippen LogP contribution in [-0.4, -0.2) is 11.5 Å². The highest BCUT2D eigenvalue weighted by Crippen LogP contribution is 2.30. The topological polar surface area (TPSA) is 24.9 Å². The van der Waals surface area contributed by atoms with E-state index in [1.54, 1.807) is 0 Å². The van der Waals surface area contributed by atoms with Gasteiger partial charge in [-0.2, -0.15) is 0 Å². The predicted molar refractivity (Wildman–Crippen MR) is 84.9 cm³/mol. The largest absolute Gasteiger partial charge is 0.309 e. The second kappa shape index (κ2) is 7.20. The molecule has 20 heavy (non-hydrogen) atoms. The van der Waals surface area contributed by atoms with Crippen LogP contribution in [-0.2, 0) is 0 Å². The first-order valence-corrected chi connectivity index (χ1v) is 7.43. The fourth-order valence-corrected chi connectivity index (χ4v) is 2.50. The average molecular weight is 268 g/mol. The third kappa shape index (κ3) is 3.67. The van der Waals surface area contributed by atoms with Crippen LogP contribution in [0.15, 0.2) is 48.7 Å². The van der Waals surface area contributed by atoms with E-state index in [-0.39, 0.29) is 0 Å². The lowest BCUT2D eigenvalue weighted by Gasteiger charge is -2.26. The molecule has 1 aromatic carbocycles. The van der Waals surface area contributed by atoms with E-state index in [1.165, 1.54) is 11.1 Å². The highest BCUT2D eigenvalue weighted by atomic mass is 14.9. The summed E-state index contributed by atoms with van der Waals surface area (Å²) in [5.74, 6) is 0.423. The van der Waals surface area contributed by atoms with Crippen molar-refractivity contribution < 1.29 is 0 Å². The van der Waals surface area contributed by atoms with Crippen molar-refractivity contribution in [2.45, 2.75) is 39.2 Å². The minimum atomic E-state index is 0.311. The van der Waals surface area contributed by atoms with E-state index in [4.69, 9.17) is 0 Å². The summed E-state index contributed by atoms with van der Waals surface area (Å²) in [7, 11) is 0. The maximum atomic E-state index is 4.44. The lowest BCUT2D eigenvalue weighted by Crippen LogP contribution is -2.26. The molecule has 0 saturated heterocycles. The SMILES string of the molecule is CCCNC(c1ccc(C)nc1)C(C)c1ccccc1. The number of nitrogens with zero attached hydrogens (tertiary/aromatic N) is 1. The van der Waals surface area contributed by atoms with Gasteiger partial charge in [0, 0.05) is 23.9 Å². The van der Waals surface area contributed by atoms with Crippen molar-refractivity contribution in [2.24, 2.45) is 0 Å². The molecule has 2 heteroatoms. The van der Waals surface area contributed by atoms with E-state index in [9.17, 15) is 0 Å². The van der Waals surface area contributed by atoms with Crippen LogP contribution in [0.2, 0.25) is 0 Å². The van der Waals surface area contributed by atoms with Gasteiger partial charge in [-0.1, -0.05) is 50.2 Å². The number of nitrogens with one attached hydrogen (secondary N) is 1. The first-order valence-electron chi connectivity index (χ1n) is 7.43. The predicted octanol–water partition coefficient (Wildman–Crippen LogP) is 4.23. The van der Waals surface area contributed by atoms with Crippen molar-refractivity contribution in [3.63, 3.8) is 0 Å². The van der Waals surface area contributed by atoms with Gasteiger partial charge in [0.1, 0.15) is 0 Å². The molecule has 0 aliphatic carbocycles.